The fourth-order valence-corrected chi connectivity index (χ4v) is 6.86. The number of halogens is 2. The zero-order chi connectivity index (χ0) is 32.8. The van der Waals surface area contributed by atoms with Gasteiger partial charge in [0.2, 0.25) is 11.8 Å². The van der Waals surface area contributed by atoms with Crippen LogP contribution >= 0.6 is 27.5 Å². The van der Waals surface area contributed by atoms with E-state index < -0.39 is 34.1 Å². The van der Waals surface area contributed by atoms with Crippen LogP contribution in [0.25, 0.3) is 0 Å². The number of anilines is 1. The standard InChI is InChI=1S/C35H37BrClN3O4S/c1-25-10-8-15-30(20-25)40(45(43,44)31-18-16-29(37)17-19-31)24-33(41)39(23-27-13-9-14-28(36)21-27)32(34(42)38-35(2,3)4)22-26-11-6-5-7-12-26/h5-21,32H,22-24H2,1-4H3,(H,38,42)/t32-/m0/s1. The third-order valence-corrected chi connectivity index (χ3v) is 9.51. The van der Waals surface area contributed by atoms with Crippen molar-refractivity contribution in [1.82, 2.24) is 10.2 Å². The van der Waals surface area contributed by atoms with Crippen molar-refractivity contribution in [3.05, 3.63) is 129 Å². The number of nitrogens with zero attached hydrogens (tertiary/aromatic N) is 2. The van der Waals surface area contributed by atoms with Crippen molar-refractivity contribution in [3.63, 3.8) is 0 Å². The Morgan fingerprint density at radius 2 is 1.51 bits per heavy atom. The predicted molar refractivity (Wildman–Crippen MR) is 184 cm³/mol. The first-order chi connectivity index (χ1) is 21.2. The van der Waals surface area contributed by atoms with Crippen LogP contribution in [0.15, 0.2) is 112 Å². The number of nitrogens with one attached hydrogen (secondary N) is 1. The van der Waals surface area contributed by atoms with Crippen molar-refractivity contribution >= 4 is 55.1 Å². The van der Waals surface area contributed by atoms with Crippen molar-refractivity contribution in [2.75, 3.05) is 10.8 Å². The molecule has 236 valence electrons. The summed E-state index contributed by atoms with van der Waals surface area (Å²) in [5.41, 5.74) is 2.24. The molecule has 0 radical (unpaired) electrons. The van der Waals surface area contributed by atoms with Gasteiger partial charge in [-0.15, -0.1) is 0 Å². The van der Waals surface area contributed by atoms with E-state index in [-0.39, 0.29) is 23.8 Å². The first-order valence-electron chi connectivity index (χ1n) is 14.5. The minimum Gasteiger partial charge on any atom is -0.350 e. The average molecular weight is 711 g/mol. The molecule has 0 unspecified atom stereocenters. The second-order valence-electron chi connectivity index (χ2n) is 11.9. The van der Waals surface area contributed by atoms with E-state index in [9.17, 15) is 18.0 Å². The van der Waals surface area contributed by atoms with Crippen LogP contribution in [0.1, 0.15) is 37.5 Å². The van der Waals surface area contributed by atoms with Crippen molar-refractivity contribution in [3.8, 4) is 0 Å². The van der Waals surface area contributed by atoms with Gasteiger partial charge in [-0.1, -0.05) is 82.1 Å². The SMILES string of the molecule is Cc1cccc(N(CC(=O)N(Cc2cccc(Br)c2)[C@@H](Cc2ccccc2)C(=O)NC(C)(C)C)S(=O)(=O)c2ccc(Cl)cc2)c1. The molecular formula is C35H37BrClN3O4S. The molecule has 4 aromatic carbocycles. The maximum absolute atomic E-state index is 14.5. The fraction of sp³-hybridized carbons (Fsp3) is 0.257. The molecule has 0 saturated carbocycles. The van der Waals surface area contributed by atoms with Crippen LogP contribution in [0.4, 0.5) is 5.69 Å². The maximum atomic E-state index is 14.5. The van der Waals surface area contributed by atoms with Gasteiger partial charge >= 0.3 is 0 Å². The number of aryl methyl sites for hydroxylation is 1. The van der Waals surface area contributed by atoms with Gasteiger partial charge in [0.15, 0.2) is 0 Å². The quantitative estimate of drug-likeness (QED) is 0.179. The summed E-state index contributed by atoms with van der Waals surface area (Å²) in [7, 11) is -4.21. The normalized spacial score (nSPS) is 12.3. The van der Waals surface area contributed by atoms with Crippen LogP contribution in [-0.4, -0.2) is 43.3 Å². The molecule has 4 rings (SSSR count). The summed E-state index contributed by atoms with van der Waals surface area (Å²) in [5, 5.41) is 3.43. The molecule has 45 heavy (non-hydrogen) atoms. The maximum Gasteiger partial charge on any atom is 0.264 e. The van der Waals surface area contributed by atoms with Gasteiger partial charge in [0, 0.05) is 28.0 Å². The minimum absolute atomic E-state index is 0.00828. The van der Waals surface area contributed by atoms with Gasteiger partial charge < -0.3 is 10.2 Å². The van der Waals surface area contributed by atoms with Gasteiger partial charge in [0.1, 0.15) is 12.6 Å². The number of carbonyl (C=O) groups is 2. The number of benzene rings is 4. The van der Waals surface area contributed by atoms with E-state index >= 15 is 0 Å². The Hall–Kier alpha value is -3.66. The number of hydrogen-bond acceptors (Lipinski definition) is 4. The predicted octanol–water partition coefficient (Wildman–Crippen LogP) is 7.16. The molecule has 0 fully saturated rings. The first kappa shape index (κ1) is 34.2. The van der Waals surface area contributed by atoms with Gasteiger partial charge in [-0.2, -0.15) is 0 Å². The van der Waals surface area contributed by atoms with Crippen molar-refractivity contribution in [2.24, 2.45) is 0 Å². The molecule has 0 spiro atoms. The lowest BCUT2D eigenvalue weighted by Crippen LogP contribution is -2.56. The summed E-state index contributed by atoms with van der Waals surface area (Å²) in [6.07, 6.45) is 0.233. The number of amides is 2. The summed E-state index contributed by atoms with van der Waals surface area (Å²) >= 11 is 9.56. The van der Waals surface area contributed by atoms with E-state index in [1.807, 2.05) is 88.4 Å². The lowest BCUT2D eigenvalue weighted by molar-refractivity contribution is -0.140. The van der Waals surface area contributed by atoms with Gasteiger partial charge in [-0.25, -0.2) is 8.42 Å². The molecule has 10 heteroatoms. The molecule has 0 bridgehead atoms. The highest BCUT2D eigenvalue weighted by Gasteiger charge is 2.35. The number of rotatable bonds is 11. The summed E-state index contributed by atoms with van der Waals surface area (Å²) in [5.74, 6) is -0.864. The fourth-order valence-electron chi connectivity index (χ4n) is 4.88. The highest BCUT2D eigenvalue weighted by atomic mass is 79.9. The van der Waals surface area contributed by atoms with Crippen LogP contribution in [0.3, 0.4) is 0 Å². The second kappa shape index (κ2) is 14.6. The third-order valence-electron chi connectivity index (χ3n) is 6.98. The zero-order valence-electron chi connectivity index (χ0n) is 25.7. The minimum atomic E-state index is -4.21. The molecule has 0 heterocycles. The lowest BCUT2D eigenvalue weighted by atomic mass is 10.0. The monoisotopic (exact) mass is 709 g/mol. The van der Waals surface area contributed by atoms with Crippen LogP contribution in [0.5, 0.6) is 0 Å². The highest BCUT2D eigenvalue weighted by Crippen LogP contribution is 2.27. The summed E-state index contributed by atoms with van der Waals surface area (Å²) in [6, 6.07) is 28.8. The number of sulfonamides is 1. The Morgan fingerprint density at radius 1 is 0.867 bits per heavy atom. The molecule has 7 nitrogen and oxygen atoms in total. The molecule has 1 atom stereocenters. The Labute approximate surface area is 279 Å². The molecule has 1 N–H and O–H groups in total. The average Bonchev–Trinajstić information content (AvgIpc) is 2.97. The van der Waals surface area contributed by atoms with Crippen molar-refractivity contribution < 1.29 is 18.0 Å². The van der Waals surface area contributed by atoms with Gasteiger partial charge in [-0.3, -0.25) is 13.9 Å². The van der Waals surface area contributed by atoms with E-state index in [1.165, 1.54) is 29.2 Å². The Morgan fingerprint density at radius 3 is 2.13 bits per heavy atom. The summed E-state index contributed by atoms with van der Waals surface area (Å²) in [4.78, 5) is 30.0. The van der Waals surface area contributed by atoms with Gasteiger partial charge in [0.05, 0.1) is 10.6 Å². The molecule has 4 aromatic rings. The number of hydrogen-bond donors (Lipinski definition) is 1. The number of carbonyl (C=O) groups excluding carboxylic acids is 2. The van der Waals surface area contributed by atoms with E-state index in [1.54, 1.807) is 18.2 Å². The van der Waals surface area contributed by atoms with E-state index in [2.05, 4.69) is 21.2 Å². The van der Waals surface area contributed by atoms with Crippen molar-refractivity contribution in [2.45, 2.75) is 57.1 Å². The molecule has 0 aliphatic rings. The van der Waals surface area contributed by atoms with E-state index in [4.69, 9.17) is 11.6 Å². The van der Waals surface area contributed by atoms with Crippen LogP contribution in [-0.2, 0) is 32.6 Å². The highest BCUT2D eigenvalue weighted by molar-refractivity contribution is 9.10. The molecule has 2 amide bonds. The Kier molecular flexibility index (Phi) is 11.1. The topological polar surface area (TPSA) is 86.8 Å². The van der Waals surface area contributed by atoms with Gasteiger partial charge in [0.25, 0.3) is 10.0 Å². The third kappa shape index (κ3) is 9.42. The molecule has 0 aliphatic carbocycles. The van der Waals surface area contributed by atoms with Gasteiger partial charge in [-0.05, 0) is 92.9 Å². The smallest absolute Gasteiger partial charge is 0.264 e. The van der Waals surface area contributed by atoms with E-state index in [0.29, 0.717) is 10.7 Å². The summed E-state index contributed by atoms with van der Waals surface area (Å²) in [6.45, 7) is 7.03. The Balaban J connectivity index is 1.82. The molecule has 0 aromatic heterocycles. The molecule has 0 aliphatic heterocycles. The molecular weight excluding hydrogens is 674 g/mol. The molecule has 0 saturated heterocycles. The lowest BCUT2D eigenvalue weighted by Gasteiger charge is -2.35. The van der Waals surface area contributed by atoms with Crippen LogP contribution in [0.2, 0.25) is 5.02 Å². The van der Waals surface area contributed by atoms with E-state index in [0.717, 1.165) is 25.5 Å². The van der Waals surface area contributed by atoms with Crippen molar-refractivity contribution in [1.29, 1.82) is 0 Å². The summed E-state index contributed by atoms with van der Waals surface area (Å²) < 4.78 is 30.2. The zero-order valence-corrected chi connectivity index (χ0v) is 28.9. The Bertz CT molecular complexity index is 1740. The first-order valence-corrected chi connectivity index (χ1v) is 17.1. The second-order valence-corrected chi connectivity index (χ2v) is 15.1. The van der Waals surface area contributed by atoms with Crippen LogP contribution in [0, 0.1) is 6.92 Å². The van der Waals surface area contributed by atoms with Crippen LogP contribution < -0.4 is 9.62 Å². The largest absolute Gasteiger partial charge is 0.350 e.